The standard InChI is InChI=1S/C25H26F3N3O3S/c1-34-24-11-14-29-17-23(24)31(20-5-3-18(4-6-20)25(26,27)28)21-12-15-30(16-13-21)19-7-9-22(10-8-19)35(2,32)33/h3-11,14,17,21H,12-13,15-16H2,1-2H3. The number of benzene rings is 2. The highest BCUT2D eigenvalue weighted by molar-refractivity contribution is 7.90. The van der Waals surface area contributed by atoms with Crippen LogP contribution in [0.3, 0.4) is 0 Å². The first-order valence-corrected chi connectivity index (χ1v) is 13.0. The molecule has 35 heavy (non-hydrogen) atoms. The maximum absolute atomic E-state index is 13.1. The van der Waals surface area contributed by atoms with Crippen LogP contribution < -0.4 is 14.5 Å². The van der Waals surface area contributed by atoms with E-state index in [9.17, 15) is 21.6 Å². The molecular weight excluding hydrogens is 479 g/mol. The fourth-order valence-electron chi connectivity index (χ4n) is 4.37. The molecule has 0 spiro atoms. The number of methoxy groups -OCH3 is 1. The number of piperidine rings is 1. The normalized spacial score (nSPS) is 15.2. The summed E-state index contributed by atoms with van der Waals surface area (Å²) >= 11 is 0. The molecule has 0 bridgehead atoms. The number of rotatable bonds is 6. The Labute approximate surface area is 202 Å². The van der Waals surface area contributed by atoms with Crippen molar-refractivity contribution < 1.29 is 26.3 Å². The fraction of sp³-hybridized carbons (Fsp3) is 0.320. The fourth-order valence-corrected chi connectivity index (χ4v) is 5.00. The van der Waals surface area contributed by atoms with Crippen LogP contribution in [0.1, 0.15) is 18.4 Å². The Kier molecular flexibility index (Phi) is 6.93. The van der Waals surface area contributed by atoms with Crippen LogP contribution in [0.2, 0.25) is 0 Å². The number of pyridine rings is 1. The van der Waals surface area contributed by atoms with Crippen LogP contribution in [-0.2, 0) is 16.0 Å². The van der Waals surface area contributed by atoms with Gasteiger partial charge in [-0.05, 0) is 61.4 Å². The summed E-state index contributed by atoms with van der Waals surface area (Å²) in [7, 11) is -1.72. The van der Waals surface area contributed by atoms with Gasteiger partial charge in [0.2, 0.25) is 0 Å². The number of ether oxygens (including phenoxy) is 1. The lowest BCUT2D eigenvalue weighted by Crippen LogP contribution is -2.43. The van der Waals surface area contributed by atoms with Gasteiger partial charge in [0.05, 0.1) is 23.8 Å². The quantitative estimate of drug-likeness (QED) is 0.452. The Morgan fingerprint density at radius 1 is 1.00 bits per heavy atom. The van der Waals surface area contributed by atoms with E-state index in [0.717, 1.165) is 30.7 Å². The summed E-state index contributed by atoms with van der Waals surface area (Å²) in [4.78, 5) is 8.66. The van der Waals surface area contributed by atoms with Gasteiger partial charge in [0.25, 0.3) is 0 Å². The highest BCUT2D eigenvalue weighted by Crippen LogP contribution is 2.39. The number of hydrogen-bond donors (Lipinski definition) is 0. The number of hydrogen-bond acceptors (Lipinski definition) is 6. The molecule has 0 saturated carbocycles. The molecule has 0 unspecified atom stereocenters. The van der Waals surface area contributed by atoms with Gasteiger partial charge in [-0.3, -0.25) is 4.98 Å². The number of anilines is 3. The van der Waals surface area contributed by atoms with Gasteiger partial charge in [-0.15, -0.1) is 0 Å². The van der Waals surface area contributed by atoms with E-state index >= 15 is 0 Å². The van der Waals surface area contributed by atoms with Gasteiger partial charge in [-0.2, -0.15) is 13.2 Å². The predicted molar refractivity (Wildman–Crippen MR) is 129 cm³/mol. The number of alkyl halides is 3. The monoisotopic (exact) mass is 505 g/mol. The molecular formula is C25H26F3N3O3S. The molecule has 1 aromatic heterocycles. The Morgan fingerprint density at radius 3 is 2.17 bits per heavy atom. The lowest BCUT2D eigenvalue weighted by atomic mass is 10.00. The topological polar surface area (TPSA) is 62.7 Å². The molecule has 0 atom stereocenters. The molecule has 3 aromatic rings. The smallest absolute Gasteiger partial charge is 0.416 e. The summed E-state index contributed by atoms with van der Waals surface area (Å²) in [6.45, 7) is 1.39. The van der Waals surface area contributed by atoms with Gasteiger partial charge in [0.15, 0.2) is 9.84 Å². The second-order valence-electron chi connectivity index (χ2n) is 8.45. The van der Waals surface area contributed by atoms with Gasteiger partial charge in [0, 0.05) is 49.0 Å². The van der Waals surface area contributed by atoms with Crippen LogP contribution in [-0.4, -0.2) is 45.9 Å². The van der Waals surface area contributed by atoms with Crippen molar-refractivity contribution in [3.05, 3.63) is 72.6 Å². The summed E-state index contributed by atoms with van der Waals surface area (Å²) in [5.74, 6) is 0.582. The summed E-state index contributed by atoms with van der Waals surface area (Å²) in [6.07, 6.45) is 1.49. The molecule has 6 nitrogen and oxygen atoms in total. The van der Waals surface area contributed by atoms with Crippen molar-refractivity contribution in [2.75, 3.05) is 36.3 Å². The largest absolute Gasteiger partial charge is 0.494 e. The van der Waals surface area contributed by atoms with Crippen LogP contribution in [0.15, 0.2) is 71.9 Å². The molecule has 10 heteroatoms. The van der Waals surface area contributed by atoms with E-state index in [0.29, 0.717) is 30.2 Å². The van der Waals surface area contributed by atoms with Crippen molar-refractivity contribution >= 4 is 26.9 Å². The molecule has 2 aromatic carbocycles. The third-order valence-corrected chi connectivity index (χ3v) is 7.30. The summed E-state index contributed by atoms with van der Waals surface area (Å²) in [5, 5.41) is 0. The Morgan fingerprint density at radius 2 is 1.63 bits per heavy atom. The number of nitrogens with zero attached hydrogens (tertiary/aromatic N) is 3. The van der Waals surface area contributed by atoms with E-state index in [-0.39, 0.29) is 10.9 Å². The molecule has 2 heterocycles. The Balaban J connectivity index is 1.59. The molecule has 186 valence electrons. The predicted octanol–water partition coefficient (Wildman–Crippen LogP) is 5.32. The highest BCUT2D eigenvalue weighted by atomic mass is 32.2. The first-order valence-electron chi connectivity index (χ1n) is 11.1. The number of sulfone groups is 1. The molecule has 0 aliphatic carbocycles. The summed E-state index contributed by atoms with van der Waals surface area (Å²) in [6, 6.07) is 13.7. The van der Waals surface area contributed by atoms with E-state index in [2.05, 4.69) is 9.88 Å². The van der Waals surface area contributed by atoms with Gasteiger partial charge < -0.3 is 14.5 Å². The zero-order valence-corrected chi connectivity index (χ0v) is 20.2. The van der Waals surface area contributed by atoms with Crippen LogP contribution >= 0.6 is 0 Å². The minimum atomic E-state index is -4.41. The van der Waals surface area contributed by atoms with Crippen molar-refractivity contribution in [2.24, 2.45) is 0 Å². The summed E-state index contributed by atoms with van der Waals surface area (Å²) in [5.41, 5.74) is 1.54. The van der Waals surface area contributed by atoms with Gasteiger partial charge in [-0.1, -0.05) is 0 Å². The van der Waals surface area contributed by atoms with Crippen LogP contribution in [0.4, 0.5) is 30.2 Å². The first-order chi connectivity index (χ1) is 16.6. The second-order valence-corrected chi connectivity index (χ2v) is 10.5. The zero-order valence-electron chi connectivity index (χ0n) is 19.4. The van der Waals surface area contributed by atoms with E-state index in [1.165, 1.54) is 18.4 Å². The average molecular weight is 506 g/mol. The van der Waals surface area contributed by atoms with Crippen LogP contribution in [0.5, 0.6) is 5.75 Å². The average Bonchev–Trinajstić information content (AvgIpc) is 2.84. The van der Waals surface area contributed by atoms with Crippen molar-refractivity contribution in [3.8, 4) is 5.75 Å². The molecule has 0 amide bonds. The van der Waals surface area contributed by atoms with E-state index in [4.69, 9.17) is 4.74 Å². The van der Waals surface area contributed by atoms with Gasteiger partial charge in [-0.25, -0.2) is 8.42 Å². The van der Waals surface area contributed by atoms with Crippen molar-refractivity contribution in [2.45, 2.75) is 30.0 Å². The molecule has 1 aliphatic rings. The Hall–Kier alpha value is -3.27. The van der Waals surface area contributed by atoms with Crippen LogP contribution in [0.25, 0.3) is 0 Å². The molecule has 4 rings (SSSR count). The van der Waals surface area contributed by atoms with Gasteiger partial charge >= 0.3 is 6.18 Å². The second kappa shape index (κ2) is 9.77. The molecule has 1 saturated heterocycles. The van der Waals surface area contributed by atoms with Crippen molar-refractivity contribution in [1.29, 1.82) is 0 Å². The Bertz CT molecular complexity index is 1260. The van der Waals surface area contributed by atoms with E-state index in [1.54, 1.807) is 49.8 Å². The SMILES string of the molecule is COc1ccncc1N(c1ccc(C(F)(F)F)cc1)C1CCN(c2ccc(S(C)(=O)=O)cc2)CC1. The number of aromatic nitrogens is 1. The minimum Gasteiger partial charge on any atom is -0.494 e. The zero-order chi connectivity index (χ0) is 25.2. The lowest BCUT2D eigenvalue weighted by molar-refractivity contribution is -0.137. The molecule has 0 N–H and O–H groups in total. The van der Waals surface area contributed by atoms with Crippen LogP contribution in [0, 0.1) is 0 Å². The lowest BCUT2D eigenvalue weighted by Gasteiger charge is -2.41. The maximum atomic E-state index is 13.1. The molecule has 1 fully saturated rings. The van der Waals surface area contributed by atoms with Gasteiger partial charge in [0.1, 0.15) is 11.4 Å². The molecule has 0 radical (unpaired) electrons. The first kappa shape index (κ1) is 24.8. The highest BCUT2D eigenvalue weighted by Gasteiger charge is 2.32. The van der Waals surface area contributed by atoms with Crippen molar-refractivity contribution in [3.63, 3.8) is 0 Å². The van der Waals surface area contributed by atoms with E-state index in [1.807, 2.05) is 4.90 Å². The summed E-state index contributed by atoms with van der Waals surface area (Å²) < 4.78 is 68.4. The maximum Gasteiger partial charge on any atom is 0.416 e. The van der Waals surface area contributed by atoms with E-state index < -0.39 is 21.6 Å². The third kappa shape index (κ3) is 5.53. The number of halogens is 3. The molecule has 1 aliphatic heterocycles. The minimum absolute atomic E-state index is 0.00335. The van der Waals surface area contributed by atoms with Crippen molar-refractivity contribution in [1.82, 2.24) is 4.98 Å². The third-order valence-electron chi connectivity index (χ3n) is 6.17.